The van der Waals surface area contributed by atoms with Gasteiger partial charge in [-0.15, -0.1) is 0 Å². The molecule has 1 aromatic heterocycles. The van der Waals surface area contributed by atoms with Crippen LogP contribution in [0.4, 0.5) is 0 Å². The van der Waals surface area contributed by atoms with E-state index in [4.69, 9.17) is 9.47 Å². The van der Waals surface area contributed by atoms with Crippen molar-refractivity contribution in [1.29, 1.82) is 0 Å². The van der Waals surface area contributed by atoms with Crippen LogP contribution < -0.4 is 4.74 Å². The second-order valence-corrected chi connectivity index (χ2v) is 3.24. The van der Waals surface area contributed by atoms with E-state index in [1.807, 2.05) is 0 Å². The number of rotatable bonds is 3. The number of hydrogen-bond acceptors (Lipinski definition) is 4. The lowest BCUT2D eigenvalue weighted by Gasteiger charge is -2.06. The molecule has 0 saturated carbocycles. The normalized spacial score (nSPS) is 9.64. The smallest absolute Gasteiger partial charge is 0.342 e. The first-order valence-electron chi connectivity index (χ1n) is 4.05. The van der Waals surface area contributed by atoms with Gasteiger partial charge in [-0.1, -0.05) is 0 Å². The molecule has 1 aromatic rings. The Morgan fingerprint density at radius 1 is 1.64 bits per heavy atom. The summed E-state index contributed by atoms with van der Waals surface area (Å²) in [6, 6.07) is 1.57. The Labute approximate surface area is 90.4 Å². The molecule has 0 radical (unpaired) electrons. The van der Waals surface area contributed by atoms with Crippen LogP contribution >= 0.6 is 15.9 Å². The van der Waals surface area contributed by atoms with Crippen LogP contribution in [0.5, 0.6) is 5.75 Å². The van der Waals surface area contributed by atoms with Crippen molar-refractivity contribution in [2.45, 2.75) is 6.92 Å². The van der Waals surface area contributed by atoms with E-state index in [2.05, 4.69) is 20.9 Å². The van der Waals surface area contributed by atoms with Crippen molar-refractivity contribution in [3.8, 4) is 5.75 Å². The molecule has 1 rings (SSSR count). The predicted octanol–water partition coefficient (Wildman–Crippen LogP) is 2.03. The summed E-state index contributed by atoms with van der Waals surface area (Å²) in [5.74, 6) is -0.000833. The monoisotopic (exact) mass is 259 g/mol. The van der Waals surface area contributed by atoms with Crippen molar-refractivity contribution in [2.24, 2.45) is 0 Å². The van der Waals surface area contributed by atoms with Crippen LogP contribution in [0.25, 0.3) is 0 Å². The van der Waals surface area contributed by atoms with Crippen LogP contribution in [0.15, 0.2) is 16.9 Å². The lowest BCUT2D eigenvalue weighted by molar-refractivity contribution is 0.0522. The molecule has 1 heterocycles. The van der Waals surface area contributed by atoms with Crippen molar-refractivity contribution in [1.82, 2.24) is 4.98 Å². The molecule has 0 atom stereocenters. The first-order valence-corrected chi connectivity index (χ1v) is 4.85. The van der Waals surface area contributed by atoms with E-state index in [9.17, 15) is 4.79 Å². The molecular formula is C9H10BrNO3. The molecule has 0 unspecified atom stereocenters. The highest BCUT2D eigenvalue weighted by molar-refractivity contribution is 9.10. The summed E-state index contributed by atoms with van der Waals surface area (Å²) in [6.07, 6.45) is 1.47. The van der Waals surface area contributed by atoms with Gasteiger partial charge in [0.2, 0.25) is 0 Å². The third kappa shape index (κ3) is 2.45. The van der Waals surface area contributed by atoms with Gasteiger partial charge in [-0.2, -0.15) is 0 Å². The second kappa shape index (κ2) is 4.95. The number of esters is 1. The molecule has 14 heavy (non-hydrogen) atoms. The topological polar surface area (TPSA) is 48.4 Å². The zero-order chi connectivity index (χ0) is 10.6. The Morgan fingerprint density at radius 3 is 2.93 bits per heavy atom. The molecule has 76 valence electrons. The first kappa shape index (κ1) is 11.0. The summed E-state index contributed by atoms with van der Waals surface area (Å²) in [4.78, 5) is 15.4. The molecule has 0 bridgehead atoms. The van der Waals surface area contributed by atoms with Crippen LogP contribution in [0, 0.1) is 0 Å². The summed E-state index contributed by atoms with van der Waals surface area (Å²) in [7, 11) is 1.48. The minimum Gasteiger partial charge on any atom is -0.494 e. The Morgan fingerprint density at radius 2 is 2.36 bits per heavy atom. The van der Waals surface area contributed by atoms with E-state index in [-0.39, 0.29) is 0 Å². The summed E-state index contributed by atoms with van der Waals surface area (Å²) < 4.78 is 10.4. The van der Waals surface area contributed by atoms with E-state index >= 15 is 0 Å². The van der Waals surface area contributed by atoms with Crippen molar-refractivity contribution in [2.75, 3.05) is 13.7 Å². The van der Waals surface area contributed by atoms with Crippen LogP contribution in [0.1, 0.15) is 17.3 Å². The molecule has 5 heteroatoms. The van der Waals surface area contributed by atoms with Crippen molar-refractivity contribution in [3.05, 3.63) is 22.4 Å². The molecule has 0 aromatic carbocycles. The van der Waals surface area contributed by atoms with E-state index in [0.29, 0.717) is 22.5 Å². The fourth-order valence-electron chi connectivity index (χ4n) is 0.948. The van der Waals surface area contributed by atoms with Crippen LogP contribution in [0.2, 0.25) is 0 Å². The molecule has 0 N–H and O–H groups in total. The SMILES string of the molecule is CCOC(=O)c1cc(Br)ncc1OC. The summed E-state index contributed by atoms with van der Waals surface area (Å²) in [5, 5.41) is 0. The van der Waals surface area contributed by atoms with Gasteiger partial charge in [0.1, 0.15) is 10.2 Å². The minimum atomic E-state index is -0.410. The molecule has 0 saturated heterocycles. The molecule has 0 spiro atoms. The Hall–Kier alpha value is -1.10. The molecule has 4 nitrogen and oxygen atoms in total. The predicted molar refractivity (Wildman–Crippen MR) is 54.4 cm³/mol. The number of methoxy groups -OCH3 is 1. The van der Waals surface area contributed by atoms with Crippen molar-refractivity contribution < 1.29 is 14.3 Å². The molecule has 0 aliphatic heterocycles. The molecule has 0 fully saturated rings. The van der Waals surface area contributed by atoms with Gasteiger partial charge >= 0.3 is 5.97 Å². The third-order valence-corrected chi connectivity index (χ3v) is 1.98. The zero-order valence-electron chi connectivity index (χ0n) is 7.91. The van der Waals surface area contributed by atoms with E-state index < -0.39 is 5.97 Å². The number of aromatic nitrogens is 1. The second-order valence-electron chi connectivity index (χ2n) is 2.43. The van der Waals surface area contributed by atoms with Gasteiger partial charge in [-0.05, 0) is 28.9 Å². The van der Waals surface area contributed by atoms with Gasteiger partial charge in [-0.3, -0.25) is 0 Å². The first-order chi connectivity index (χ1) is 6.69. The summed E-state index contributed by atoms with van der Waals surface area (Å²) >= 11 is 3.17. The van der Waals surface area contributed by atoms with E-state index in [1.165, 1.54) is 13.3 Å². The number of ether oxygens (including phenoxy) is 2. The van der Waals surface area contributed by atoms with E-state index in [1.54, 1.807) is 13.0 Å². The quantitative estimate of drug-likeness (QED) is 0.616. The Kier molecular flexibility index (Phi) is 3.88. The average molecular weight is 260 g/mol. The van der Waals surface area contributed by atoms with Gasteiger partial charge in [0.05, 0.1) is 19.9 Å². The highest BCUT2D eigenvalue weighted by Gasteiger charge is 2.13. The van der Waals surface area contributed by atoms with Crippen LogP contribution in [0.3, 0.4) is 0 Å². The van der Waals surface area contributed by atoms with Crippen LogP contribution in [-0.2, 0) is 4.74 Å². The standard InChI is InChI=1S/C9H10BrNO3/c1-3-14-9(12)6-4-8(10)11-5-7(6)13-2/h4-5H,3H2,1-2H3. The maximum atomic E-state index is 11.4. The van der Waals surface area contributed by atoms with Gasteiger partial charge in [0.25, 0.3) is 0 Å². The number of carbonyl (C=O) groups excluding carboxylic acids is 1. The molecule has 0 aliphatic rings. The summed E-state index contributed by atoms with van der Waals surface area (Å²) in [6.45, 7) is 2.09. The van der Waals surface area contributed by atoms with Gasteiger partial charge in [0, 0.05) is 0 Å². The number of pyridine rings is 1. The maximum Gasteiger partial charge on any atom is 0.342 e. The molecular weight excluding hydrogens is 250 g/mol. The lowest BCUT2D eigenvalue weighted by atomic mass is 10.2. The molecule has 0 aliphatic carbocycles. The fraction of sp³-hybridized carbons (Fsp3) is 0.333. The molecule has 0 amide bonds. The van der Waals surface area contributed by atoms with Crippen LogP contribution in [-0.4, -0.2) is 24.7 Å². The number of hydrogen-bond donors (Lipinski definition) is 0. The largest absolute Gasteiger partial charge is 0.494 e. The Balaban J connectivity index is 3.03. The average Bonchev–Trinajstić information content (AvgIpc) is 2.18. The number of carbonyl (C=O) groups is 1. The van der Waals surface area contributed by atoms with E-state index in [0.717, 1.165) is 0 Å². The number of nitrogens with zero attached hydrogens (tertiary/aromatic N) is 1. The third-order valence-electron chi connectivity index (χ3n) is 1.55. The summed E-state index contributed by atoms with van der Waals surface area (Å²) in [5.41, 5.74) is 0.372. The zero-order valence-corrected chi connectivity index (χ0v) is 9.50. The fourth-order valence-corrected chi connectivity index (χ4v) is 1.28. The van der Waals surface area contributed by atoms with Gasteiger partial charge < -0.3 is 9.47 Å². The van der Waals surface area contributed by atoms with Crippen molar-refractivity contribution in [3.63, 3.8) is 0 Å². The Bertz CT molecular complexity index is 341. The minimum absolute atomic E-state index is 0.335. The highest BCUT2D eigenvalue weighted by Crippen LogP contribution is 2.21. The number of halogens is 1. The van der Waals surface area contributed by atoms with Gasteiger partial charge in [0.15, 0.2) is 5.75 Å². The van der Waals surface area contributed by atoms with Gasteiger partial charge in [-0.25, -0.2) is 9.78 Å². The van der Waals surface area contributed by atoms with Crippen molar-refractivity contribution >= 4 is 21.9 Å². The lowest BCUT2D eigenvalue weighted by Crippen LogP contribution is -2.07. The highest BCUT2D eigenvalue weighted by atomic mass is 79.9. The maximum absolute atomic E-state index is 11.4.